The van der Waals surface area contributed by atoms with Crippen molar-refractivity contribution in [1.82, 2.24) is 9.80 Å². The summed E-state index contributed by atoms with van der Waals surface area (Å²) in [5.41, 5.74) is 5.79. The number of piperidine rings is 1. The van der Waals surface area contributed by atoms with Crippen LogP contribution in [-0.4, -0.2) is 66.2 Å². The maximum absolute atomic E-state index is 13.4. The van der Waals surface area contributed by atoms with Crippen molar-refractivity contribution in [3.63, 3.8) is 0 Å². The molecule has 1 saturated carbocycles. The molecule has 1 aliphatic carbocycles. The van der Waals surface area contributed by atoms with Gasteiger partial charge in [0, 0.05) is 37.1 Å². The van der Waals surface area contributed by atoms with E-state index >= 15 is 0 Å². The van der Waals surface area contributed by atoms with E-state index in [9.17, 15) is 4.79 Å². The van der Waals surface area contributed by atoms with Crippen LogP contribution in [0, 0.1) is 11.3 Å². The summed E-state index contributed by atoms with van der Waals surface area (Å²) in [6.45, 7) is 9.19. The lowest BCUT2D eigenvalue weighted by molar-refractivity contribution is -0.229. The lowest BCUT2D eigenvalue weighted by Crippen LogP contribution is -2.82. The Morgan fingerprint density at radius 3 is 2.58 bits per heavy atom. The Morgan fingerprint density at radius 2 is 1.83 bits per heavy atom. The van der Waals surface area contributed by atoms with E-state index in [1.165, 1.54) is 32.4 Å². The number of likely N-dealkylation sites (tertiary alicyclic amines) is 2. The number of fused-ring (bicyclic) bond motifs is 1. The second-order valence-electron chi connectivity index (χ2n) is 8.92. The average molecular weight is 335 g/mol. The first-order valence-electron chi connectivity index (χ1n) is 9.90. The van der Waals surface area contributed by atoms with Crippen LogP contribution in [0.1, 0.15) is 52.4 Å². The fourth-order valence-corrected chi connectivity index (χ4v) is 5.78. The molecule has 4 atom stereocenters. The van der Waals surface area contributed by atoms with Crippen LogP contribution in [0.3, 0.4) is 0 Å². The Balaban J connectivity index is 1.45. The van der Waals surface area contributed by atoms with E-state index in [1.807, 2.05) is 0 Å². The summed E-state index contributed by atoms with van der Waals surface area (Å²) in [6, 6.07) is 0.541. The molecule has 2 N–H and O–H groups in total. The molecule has 0 aromatic heterocycles. The Morgan fingerprint density at radius 1 is 1.08 bits per heavy atom. The molecule has 3 heterocycles. The number of nitrogens with two attached hydrogens (primary N) is 1. The summed E-state index contributed by atoms with van der Waals surface area (Å²) >= 11 is 0. The van der Waals surface area contributed by atoms with Crippen LogP contribution >= 0.6 is 0 Å². The Hall–Kier alpha value is -0.650. The first-order chi connectivity index (χ1) is 11.5. The van der Waals surface area contributed by atoms with Gasteiger partial charge < -0.3 is 15.4 Å². The topological polar surface area (TPSA) is 58.8 Å². The van der Waals surface area contributed by atoms with E-state index in [2.05, 4.69) is 23.6 Å². The summed E-state index contributed by atoms with van der Waals surface area (Å²) in [5, 5.41) is 0. The SMILES string of the molecule is CC1(C)C2OCCCC2C1(N)C(=O)N1CCC(N2CCCCC2)C1. The molecule has 5 nitrogen and oxygen atoms in total. The molecular weight excluding hydrogens is 302 g/mol. The van der Waals surface area contributed by atoms with Crippen molar-refractivity contribution in [1.29, 1.82) is 0 Å². The third-order valence-corrected chi connectivity index (χ3v) is 7.40. The monoisotopic (exact) mass is 335 g/mol. The van der Waals surface area contributed by atoms with E-state index in [0.717, 1.165) is 39.0 Å². The van der Waals surface area contributed by atoms with Gasteiger partial charge in [0.2, 0.25) is 5.91 Å². The predicted octanol–water partition coefficient (Wildman–Crippen LogP) is 1.61. The third kappa shape index (κ3) is 2.27. The van der Waals surface area contributed by atoms with Crippen molar-refractivity contribution < 1.29 is 9.53 Å². The molecule has 4 unspecified atom stereocenters. The second-order valence-corrected chi connectivity index (χ2v) is 8.92. The van der Waals surface area contributed by atoms with Gasteiger partial charge >= 0.3 is 0 Å². The van der Waals surface area contributed by atoms with Gasteiger partial charge in [-0.05, 0) is 45.2 Å². The van der Waals surface area contributed by atoms with E-state index in [-0.39, 0.29) is 23.3 Å². The van der Waals surface area contributed by atoms with Gasteiger partial charge in [-0.25, -0.2) is 0 Å². The highest BCUT2D eigenvalue weighted by Gasteiger charge is 2.71. The van der Waals surface area contributed by atoms with Gasteiger partial charge in [0.1, 0.15) is 5.54 Å². The molecule has 4 aliphatic rings. The molecular formula is C19H33N3O2. The molecule has 1 amide bonds. The number of carbonyl (C=O) groups is 1. The van der Waals surface area contributed by atoms with E-state index in [1.54, 1.807) is 0 Å². The zero-order valence-corrected chi connectivity index (χ0v) is 15.3. The van der Waals surface area contributed by atoms with Crippen LogP contribution in [0.4, 0.5) is 0 Å². The first kappa shape index (κ1) is 16.8. The fraction of sp³-hybridized carbons (Fsp3) is 0.947. The summed E-state index contributed by atoms with van der Waals surface area (Å²) in [5.74, 6) is 0.376. The molecule has 0 bridgehead atoms. The van der Waals surface area contributed by atoms with Gasteiger partial charge in [0.05, 0.1) is 6.10 Å². The highest BCUT2D eigenvalue weighted by Crippen LogP contribution is 2.58. The van der Waals surface area contributed by atoms with Crippen molar-refractivity contribution >= 4 is 5.91 Å². The predicted molar refractivity (Wildman–Crippen MR) is 93.6 cm³/mol. The maximum atomic E-state index is 13.4. The molecule has 0 spiro atoms. The lowest BCUT2D eigenvalue weighted by atomic mass is 9.46. The van der Waals surface area contributed by atoms with Crippen molar-refractivity contribution in [2.24, 2.45) is 17.1 Å². The minimum Gasteiger partial charge on any atom is -0.377 e. The molecule has 24 heavy (non-hydrogen) atoms. The summed E-state index contributed by atoms with van der Waals surface area (Å²) in [4.78, 5) is 18.0. The minimum absolute atomic E-state index is 0.153. The standard InChI is InChI=1S/C19H33N3O2/c1-18(2)16-15(7-6-12-24-16)19(18,20)17(23)22-11-8-14(13-22)21-9-4-3-5-10-21/h14-16H,3-13,20H2,1-2H3. The molecule has 4 rings (SSSR count). The van der Waals surface area contributed by atoms with Gasteiger partial charge in [0.15, 0.2) is 0 Å². The zero-order chi connectivity index (χ0) is 16.9. The maximum Gasteiger partial charge on any atom is 0.243 e. The van der Waals surface area contributed by atoms with Crippen molar-refractivity contribution in [2.45, 2.75) is 70.1 Å². The fourth-order valence-electron chi connectivity index (χ4n) is 5.78. The number of rotatable bonds is 2. The highest BCUT2D eigenvalue weighted by atomic mass is 16.5. The van der Waals surface area contributed by atoms with Gasteiger partial charge in [0.25, 0.3) is 0 Å². The van der Waals surface area contributed by atoms with Crippen LogP contribution in [-0.2, 0) is 9.53 Å². The van der Waals surface area contributed by atoms with Crippen LogP contribution in [0.25, 0.3) is 0 Å². The smallest absolute Gasteiger partial charge is 0.243 e. The second kappa shape index (κ2) is 5.96. The Bertz CT molecular complexity index is 503. The molecule has 0 aromatic carbocycles. The largest absolute Gasteiger partial charge is 0.377 e. The van der Waals surface area contributed by atoms with Gasteiger partial charge in [-0.15, -0.1) is 0 Å². The average Bonchev–Trinajstić information content (AvgIpc) is 3.11. The van der Waals surface area contributed by atoms with Crippen LogP contribution in [0.2, 0.25) is 0 Å². The molecule has 136 valence electrons. The zero-order valence-electron chi connectivity index (χ0n) is 15.3. The van der Waals surface area contributed by atoms with Gasteiger partial charge in [-0.1, -0.05) is 20.3 Å². The molecule has 5 heteroatoms. The first-order valence-corrected chi connectivity index (χ1v) is 9.90. The van der Waals surface area contributed by atoms with E-state index in [4.69, 9.17) is 10.5 Å². The number of ether oxygens (including phenoxy) is 1. The number of nitrogens with zero attached hydrogens (tertiary/aromatic N) is 2. The summed E-state index contributed by atoms with van der Waals surface area (Å²) in [6.07, 6.45) is 7.28. The molecule has 0 aromatic rings. The Kier molecular flexibility index (Phi) is 4.17. The summed E-state index contributed by atoms with van der Waals surface area (Å²) in [7, 11) is 0. The normalized spacial score (nSPS) is 42.5. The summed E-state index contributed by atoms with van der Waals surface area (Å²) < 4.78 is 5.96. The van der Waals surface area contributed by atoms with E-state index in [0.29, 0.717) is 6.04 Å². The van der Waals surface area contributed by atoms with E-state index < -0.39 is 5.54 Å². The quantitative estimate of drug-likeness (QED) is 0.833. The van der Waals surface area contributed by atoms with Crippen molar-refractivity contribution in [3.05, 3.63) is 0 Å². The van der Waals surface area contributed by atoms with Gasteiger partial charge in [-0.2, -0.15) is 0 Å². The third-order valence-electron chi connectivity index (χ3n) is 7.40. The number of hydrogen-bond donors (Lipinski definition) is 1. The lowest BCUT2D eigenvalue weighted by Gasteiger charge is -2.65. The van der Waals surface area contributed by atoms with Crippen molar-refractivity contribution in [3.8, 4) is 0 Å². The molecule has 3 saturated heterocycles. The van der Waals surface area contributed by atoms with Crippen LogP contribution in [0.5, 0.6) is 0 Å². The highest BCUT2D eigenvalue weighted by molar-refractivity contribution is 5.89. The molecule has 4 fully saturated rings. The van der Waals surface area contributed by atoms with Gasteiger partial charge in [-0.3, -0.25) is 9.69 Å². The van der Waals surface area contributed by atoms with Crippen LogP contribution in [0.15, 0.2) is 0 Å². The molecule has 0 radical (unpaired) electrons. The number of carbonyl (C=O) groups excluding carboxylic acids is 1. The van der Waals surface area contributed by atoms with Crippen molar-refractivity contribution in [2.75, 3.05) is 32.8 Å². The Labute approximate surface area is 145 Å². The number of hydrogen-bond acceptors (Lipinski definition) is 4. The number of amides is 1. The minimum atomic E-state index is -0.741. The molecule has 3 aliphatic heterocycles. The van der Waals surface area contributed by atoms with Crippen LogP contribution < -0.4 is 5.73 Å².